The molecule has 1 aromatic carbocycles. The van der Waals surface area contributed by atoms with Crippen molar-refractivity contribution in [2.75, 3.05) is 27.4 Å². The van der Waals surface area contributed by atoms with Gasteiger partial charge in [0.15, 0.2) is 0 Å². The molecule has 0 aliphatic carbocycles. The SMILES string of the molecule is CC[C@@H](CO)NS(=O)(=O)c1cc(S(=O)(=O)N[C@@H](CC)CO)c(OC)cc1OC. The molecule has 0 aromatic heterocycles. The van der Waals surface area contributed by atoms with Crippen LogP contribution in [0.5, 0.6) is 11.5 Å². The van der Waals surface area contributed by atoms with Gasteiger partial charge in [-0.05, 0) is 18.9 Å². The smallest absolute Gasteiger partial charge is 0.244 e. The van der Waals surface area contributed by atoms with E-state index in [-0.39, 0.29) is 11.5 Å². The van der Waals surface area contributed by atoms with Crippen LogP contribution in [0.4, 0.5) is 0 Å². The Bertz CT molecular complexity index is 780. The first kappa shape index (κ1) is 24.6. The Morgan fingerprint density at radius 1 is 0.821 bits per heavy atom. The molecule has 0 saturated heterocycles. The number of sulfonamides is 2. The molecule has 0 heterocycles. The molecule has 0 aliphatic rings. The van der Waals surface area contributed by atoms with E-state index in [9.17, 15) is 27.0 Å². The Morgan fingerprint density at radius 3 is 1.43 bits per heavy atom. The van der Waals surface area contributed by atoms with Crippen LogP contribution >= 0.6 is 0 Å². The van der Waals surface area contributed by atoms with E-state index in [1.807, 2.05) is 0 Å². The van der Waals surface area contributed by atoms with Crippen molar-refractivity contribution in [1.82, 2.24) is 9.44 Å². The van der Waals surface area contributed by atoms with Gasteiger partial charge in [0.2, 0.25) is 20.0 Å². The number of rotatable bonds is 12. The number of nitrogens with one attached hydrogen (secondary N) is 2. The molecule has 28 heavy (non-hydrogen) atoms. The summed E-state index contributed by atoms with van der Waals surface area (Å²) in [6.45, 7) is 2.54. The van der Waals surface area contributed by atoms with Gasteiger partial charge in [0.05, 0.1) is 27.4 Å². The highest BCUT2D eigenvalue weighted by molar-refractivity contribution is 7.90. The zero-order chi connectivity index (χ0) is 21.5. The van der Waals surface area contributed by atoms with E-state index in [4.69, 9.17) is 9.47 Å². The Balaban J connectivity index is 3.58. The summed E-state index contributed by atoms with van der Waals surface area (Å²) >= 11 is 0. The van der Waals surface area contributed by atoms with Crippen LogP contribution in [0.15, 0.2) is 21.9 Å². The second-order valence-corrected chi connectivity index (χ2v) is 9.34. The fraction of sp³-hybridized carbons (Fsp3) is 0.625. The highest BCUT2D eigenvalue weighted by Crippen LogP contribution is 2.35. The fourth-order valence-corrected chi connectivity index (χ4v) is 5.38. The third kappa shape index (κ3) is 5.78. The molecule has 4 N–H and O–H groups in total. The first-order valence-electron chi connectivity index (χ1n) is 8.62. The van der Waals surface area contributed by atoms with Gasteiger partial charge in [-0.3, -0.25) is 0 Å². The van der Waals surface area contributed by atoms with Gasteiger partial charge in [0.25, 0.3) is 0 Å². The lowest BCUT2D eigenvalue weighted by Gasteiger charge is -2.20. The normalized spacial score (nSPS) is 14.5. The molecule has 2 atom stereocenters. The number of methoxy groups -OCH3 is 2. The third-order valence-corrected chi connectivity index (χ3v) is 7.18. The summed E-state index contributed by atoms with van der Waals surface area (Å²) in [5.74, 6) is -0.240. The molecular formula is C16H28N2O8S2. The van der Waals surface area contributed by atoms with Gasteiger partial charge in [-0.1, -0.05) is 13.8 Å². The average Bonchev–Trinajstić information content (AvgIpc) is 2.68. The van der Waals surface area contributed by atoms with Crippen LogP contribution in [0.3, 0.4) is 0 Å². The van der Waals surface area contributed by atoms with Crippen molar-refractivity contribution in [2.24, 2.45) is 0 Å². The van der Waals surface area contributed by atoms with Crippen molar-refractivity contribution in [3.05, 3.63) is 12.1 Å². The fourth-order valence-electron chi connectivity index (χ4n) is 2.33. The third-order valence-electron chi connectivity index (χ3n) is 4.10. The zero-order valence-electron chi connectivity index (χ0n) is 16.3. The second kappa shape index (κ2) is 10.4. The van der Waals surface area contributed by atoms with E-state index in [1.54, 1.807) is 13.8 Å². The number of hydrogen-bond acceptors (Lipinski definition) is 8. The molecule has 0 bridgehead atoms. The van der Waals surface area contributed by atoms with Gasteiger partial charge in [-0.2, -0.15) is 0 Å². The standard InChI is InChI=1S/C16H28N2O8S2/c1-5-11(9-19)17-27(21,22)15-8-16(14(26-4)7-13(15)25-3)28(23,24)18-12(6-2)10-20/h7-8,11-12,17-20H,5-6,9-10H2,1-4H3/t11-,12-/m0/s1. The summed E-state index contributed by atoms with van der Waals surface area (Å²) in [5, 5.41) is 18.5. The van der Waals surface area contributed by atoms with Gasteiger partial charge in [0, 0.05) is 18.2 Å². The zero-order valence-corrected chi connectivity index (χ0v) is 17.9. The molecule has 0 aliphatic heterocycles. The molecule has 12 heteroatoms. The summed E-state index contributed by atoms with van der Waals surface area (Å²) < 4.78 is 65.8. The second-order valence-electron chi connectivity index (χ2n) is 5.97. The van der Waals surface area contributed by atoms with Crippen LogP contribution in [0.1, 0.15) is 26.7 Å². The van der Waals surface area contributed by atoms with Crippen LogP contribution < -0.4 is 18.9 Å². The minimum atomic E-state index is -4.21. The van der Waals surface area contributed by atoms with Crippen molar-refractivity contribution < 1.29 is 36.5 Å². The van der Waals surface area contributed by atoms with Crippen molar-refractivity contribution >= 4 is 20.0 Å². The molecule has 1 aromatic rings. The number of aliphatic hydroxyl groups excluding tert-OH is 2. The summed E-state index contributed by atoms with van der Waals surface area (Å²) in [6, 6.07) is 0.599. The Hall–Kier alpha value is -1.44. The van der Waals surface area contributed by atoms with E-state index in [0.29, 0.717) is 12.8 Å². The topological polar surface area (TPSA) is 151 Å². The lowest BCUT2D eigenvalue weighted by atomic mass is 10.3. The van der Waals surface area contributed by atoms with Crippen molar-refractivity contribution in [1.29, 1.82) is 0 Å². The Labute approximate surface area is 166 Å². The largest absolute Gasteiger partial charge is 0.495 e. The minimum Gasteiger partial charge on any atom is -0.495 e. The first-order chi connectivity index (χ1) is 13.1. The maximum atomic E-state index is 12.8. The molecule has 0 unspecified atom stereocenters. The van der Waals surface area contributed by atoms with E-state index in [2.05, 4.69) is 9.44 Å². The van der Waals surface area contributed by atoms with E-state index in [1.165, 1.54) is 14.2 Å². The number of benzene rings is 1. The highest BCUT2D eigenvalue weighted by atomic mass is 32.2. The summed E-state index contributed by atoms with van der Waals surface area (Å²) in [6.07, 6.45) is 0.658. The molecule has 0 amide bonds. The van der Waals surface area contributed by atoms with Crippen LogP contribution in [0, 0.1) is 0 Å². The van der Waals surface area contributed by atoms with Gasteiger partial charge in [-0.25, -0.2) is 26.3 Å². The minimum absolute atomic E-state index is 0.120. The average molecular weight is 441 g/mol. The predicted molar refractivity (Wildman–Crippen MR) is 103 cm³/mol. The van der Waals surface area contributed by atoms with Crippen molar-refractivity contribution in [2.45, 2.75) is 48.6 Å². The Kier molecular flexibility index (Phi) is 9.11. The lowest BCUT2D eigenvalue weighted by molar-refractivity contribution is 0.253. The molecule has 0 fully saturated rings. The monoisotopic (exact) mass is 440 g/mol. The predicted octanol–water partition coefficient (Wildman–Crippen LogP) is -0.198. The number of aliphatic hydroxyl groups is 2. The molecule has 10 nitrogen and oxygen atoms in total. The van der Waals surface area contributed by atoms with Gasteiger partial charge < -0.3 is 19.7 Å². The van der Waals surface area contributed by atoms with E-state index < -0.39 is 55.1 Å². The molecular weight excluding hydrogens is 412 g/mol. The quantitative estimate of drug-likeness (QED) is 0.349. The van der Waals surface area contributed by atoms with Crippen LogP contribution in [0.2, 0.25) is 0 Å². The molecule has 162 valence electrons. The summed E-state index contributed by atoms with van der Waals surface area (Å²) in [4.78, 5) is -0.833. The maximum absolute atomic E-state index is 12.8. The van der Waals surface area contributed by atoms with Crippen LogP contribution in [0.25, 0.3) is 0 Å². The van der Waals surface area contributed by atoms with E-state index in [0.717, 1.165) is 12.1 Å². The van der Waals surface area contributed by atoms with E-state index >= 15 is 0 Å². The molecule has 1 rings (SSSR count). The van der Waals surface area contributed by atoms with Gasteiger partial charge in [0.1, 0.15) is 21.3 Å². The number of ether oxygens (including phenoxy) is 2. The molecule has 0 spiro atoms. The number of hydrogen-bond donors (Lipinski definition) is 4. The maximum Gasteiger partial charge on any atom is 0.244 e. The molecule has 0 radical (unpaired) electrons. The highest BCUT2D eigenvalue weighted by Gasteiger charge is 2.30. The summed E-state index contributed by atoms with van der Waals surface area (Å²) in [5.41, 5.74) is 0. The van der Waals surface area contributed by atoms with Crippen molar-refractivity contribution in [3.63, 3.8) is 0 Å². The van der Waals surface area contributed by atoms with Crippen LogP contribution in [-0.4, -0.2) is 66.6 Å². The molecule has 0 saturated carbocycles. The summed E-state index contributed by atoms with van der Waals surface area (Å²) in [7, 11) is -5.93. The lowest BCUT2D eigenvalue weighted by Crippen LogP contribution is -2.38. The first-order valence-corrected chi connectivity index (χ1v) is 11.6. The van der Waals surface area contributed by atoms with Gasteiger partial charge >= 0.3 is 0 Å². The van der Waals surface area contributed by atoms with Gasteiger partial charge in [-0.15, -0.1) is 0 Å². The van der Waals surface area contributed by atoms with Crippen LogP contribution in [-0.2, 0) is 20.0 Å². The van der Waals surface area contributed by atoms with Crippen molar-refractivity contribution in [3.8, 4) is 11.5 Å². The Morgan fingerprint density at radius 2 is 1.18 bits per heavy atom.